The first-order valence-corrected chi connectivity index (χ1v) is 7.09. The Balaban J connectivity index is 2.51. The van der Waals surface area contributed by atoms with Gasteiger partial charge >= 0.3 is 0 Å². The van der Waals surface area contributed by atoms with Crippen LogP contribution in [0.25, 0.3) is 0 Å². The summed E-state index contributed by atoms with van der Waals surface area (Å²) in [5.41, 5.74) is 4.08. The topological polar surface area (TPSA) is 38.7 Å². The Kier molecular flexibility index (Phi) is 4.09. The first-order chi connectivity index (χ1) is 9.43. The van der Waals surface area contributed by atoms with Gasteiger partial charge in [-0.1, -0.05) is 12.7 Å². The van der Waals surface area contributed by atoms with Gasteiger partial charge in [-0.3, -0.25) is 0 Å². The maximum Gasteiger partial charge on any atom is 0.129 e. The Morgan fingerprint density at radius 3 is 2.60 bits per heavy atom. The van der Waals surface area contributed by atoms with Crippen molar-refractivity contribution in [2.75, 3.05) is 13.2 Å². The maximum atomic E-state index is 9.52. The molecule has 3 heteroatoms. The molecule has 2 rings (SSSR count). The zero-order chi connectivity index (χ0) is 14.9. The van der Waals surface area contributed by atoms with Crippen LogP contribution in [-0.4, -0.2) is 23.9 Å². The summed E-state index contributed by atoms with van der Waals surface area (Å²) in [6.07, 6.45) is 3.48. The Labute approximate surface area is 121 Å². The van der Waals surface area contributed by atoms with Crippen molar-refractivity contribution in [3.8, 4) is 11.5 Å². The molecular weight excluding hydrogens is 252 g/mol. The molecule has 1 N–H and O–H groups in total. The van der Waals surface area contributed by atoms with Crippen molar-refractivity contribution in [3.05, 3.63) is 34.9 Å². The fraction of sp³-hybridized carbons (Fsp3) is 0.529. The van der Waals surface area contributed by atoms with Crippen LogP contribution in [0, 0.1) is 20.8 Å². The van der Waals surface area contributed by atoms with Crippen LogP contribution in [0.3, 0.4) is 0 Å². The third-order valence-corrected chi connectivity index (χ3v) is 4.24. The predicted molar refractivity (Wildman–Crippen MR) is 80.8 cm³/mol. The minimum absolute atomic E-state index is 0.0404. The molecule has 0 saturated heterocycles. The van der Waals surface area contributed by atoms with Gasteiger partial charge in [0.1, 0.15) is 23.7 Å². The smallest absolute Gasteiger partial charge is 0.129 e. The second-order valence-corrected chi connectivity index (χ2v) is 5.82. The van der Waals surface area contributed by atoms with Gasteiger partial charge in [-0.05, 0) is 57.2 Å². The number of benzene rings is 1. The lowest BCUT2D eigenvalue weighted by molar-refractivity contribution is 0.00719. The van der Waals surface area contributed by atoms with Crippen molar-refractivity contribution >= 4 is 0 Å². The molecule has 0 aromatic heterocycles. The molecule has 1 unspecified atom stereocenters. The molecule has 1 aliphatic heterocycles. The van der Waals surface area contributed by atoms with Gasteiger partial charge in [0.15, 0.2) is 0 Å². The van der Waals surface area contributed by atoms with E-state index in [4.69, 9.17) is 9.47 Å². The van der Waals surface area contributed by atoms with E-state index >= 15 is 0 Å². The molecule has 20 heavy (non-hydrogen) atoms. The fourth-order valence-electron chi connectivity index (χ4n) is 2.75. The van der Waals surface area contributed by atoms with Crippen molar-refractivity contribution in [2.24, 2.45) is 0 Å². The zero-order valence-corrected chi connectivity index (χ0v) is 12.9. The van der Waals surface area contributed by atoms with Crippen molar-refractivity contribution < 1.29 is 14.6 Å². The second kappa shape index (κ2) is 5.49. The van der Waals surface area contributed by atoms with E-state index in [0.717, 1.165) is 41.0 Å². The maximum absolute atomic E-state index is 9.52. The van der Waals surface area contributed by atoms with Gasteiger partial charge in [0.05, 0.1) is 6.61 Å². The normalized spacial score (nSPS) is 21.1. The molecular formula is C17H24O3. The van der Waals surface area contributed by atoms with E-state index in [0.29, 0.717) is 6.61 Å². The van der Waals surface area contributed by atoms with E-state index in [-0.39, 0.29) is 6.61 Å². The SMILES string of the molecule is C=CCOc1c(C)c(C)c2c(c1C)CCC(C)(CO)O2. The van der Waals surface area contributed by atoms with Gasteiger partial charge in [0.25, 0.3) is 0 Å². The molecule has 110 valence electrons. The Hall–Kier alpha value is -1.48. The van der Waals surface area contributed by atoms with E-state index in [2.05, 4.69) is 27.4 Å². The molecule has 0 bridgehead atoms. The number of rotatable bonds is 4. The zero-order valence-electron chi connectivity index (χ0n) is 12.9. The monoisotopic (exact) mass is 276 g/mol. The quantitative estimate of drug-likeness (QED) is 0.858. The van der Waals surface area contributed by atoms with Crippen molar-refractivity contribution in [1.82, 2.24) is 0 Å². The lowest BCUT2D eigenvalue weighted by Gasteiger charge is -2.37. The highest BCUT2D eigenvalue weighted by atomic mass is 16.5. The highest BCUT2D eigenvalue weighted by molar-refractivity contribution is 5.59. The molecule has 0 aliphatic carbocycles. The Morgan fingerprint density at radius 1 is 1.30 bits per heavy atom. The second-order valence-electron chi connectivity index (χ2n) is 5.82. The highest BCUT2D eigenvalue weighted by Gasteiger charge is 2.34. The van der Waals surface area contributed by atoms with Gasteiger partial charge in [0, 0.05) is 5.56 Å². The highest BCUT2D eigenvalue weighted by Crippen LogP contribution is 2.43. The van der Waals surface area contributed by atoms with Gasteiger partial charge in [-0.15, -0.1) is 0 Å². The first kappa shape index (κ1) is 14.9. The van der Waals surface area contributed by atoms with Crippen LogP contribution >= 0.6 is 0 Å². The Morgan fingerprint density at radius 2 is 2.00 bits per heavy atom. The molecule has 1 aliphatic rings. The third-order valence-electron chi connectivity index (χ3n) is 4.24. The number of hydrogen-bond acceptors (Lipinski definition) is 3. The standard InChI is InChI=1S/C17H24O3/c1-6-9-19-15-11(2)12(3)16-14(13(15)4)7-8-17(5,10-18)20-16/h6,18H,1,7-10H2,2-5H3. The summed E-state index contributed by atoms with van der Waals surface area (Å²) in [6.45, 7) is 12.4. The number of aliphatic hydroxyl groups is 1. The molecule has 3 nitrogen and oxygen atoms in total. The Bertz CT molecular complexity index is 534. The molecule has 1 heterocycles. The lowest BCUT2D eigenvalue weighted by Crippen LogP contribution is -2.40. The summed E-state index contributed by atoms with van der Waals surface area (Å²) >= 11 is 0. The van der Waals surface area contributed by atoms with Crippen LogP contribution in [0.4, 0.5) is 0 Å². The van der Waals surface area contributed by atoms with Crippen LogP contribution in [0.1, 0.15) is 35.6 Å². The minimum atomic E-state index is -0.472. The molecule has 0 fully saturated rings. The van der Waals surface area contributed by atoms with Gasteiger partial charge < -0.3 is 14.6 Å². The third kappa shape index (κ3) is 2.42. The van der Waals surface area contributed by atoms with Crippen molar-refractivity contribution in [3.63, 3.8) is 0 Å². The van der Waals surface area contributed by atoms with Crippen LogP contribution in [0.2, 0.25) is 0 Å². The number of aliphatic hydroxyl groups excluding tert-OH is 1. The fourth-order valence-corrected chi connectivity index (χ4v) is 2.75. The minimum Gasteiger partial charge on any atom is -0.489 e. The summed E-state index contributed by atoms with van der Waals surface area (Å²) < 4.78 is 11.9. The van der Waals surface area contributed by atoms with Crippen molar-refractivity contribution in [2.45, 2.75) is 46.1 Å². The summed E-state index contributed by atoms with van der Waals surface area (Å²) in [5, 5.41) is 9.52. The summed E-state index contributed by atoms with van der Waals surface area (Å²) in [4.78, 5) is 0. The van der Waals surface area contributed by atoms with Crippen LogP contribution in [-0.2, 0) is 6.42 Å². The number of fused-ring (bicyclic) bond motifs is 1. The number of hydrogen-bond donors (Lipinski definition) is 1. The largest absolute Gasteiger partial charge is 0.489 e. The van der Waals surface area contributed by atoms with Gasteiger partial charge in [0.2, 0.25) is 0 Å². The van der Waals surface area contributed by atoms with E-state index in [9.17, 15) is 5.11 Å². The van der Waals surface area contributed by atoms with Gasteiger partial charge in [-0.25, -0.2) is 0 Å². The van der Waals surface area contributed by atoms with Crippen molar-refractivity contribution in [1.29, 1.82) is 0 Å². The average molecular weight is 276 g/mol. The van der Waals surface area contributed by atoms with Crippen LogP contribution in [0.5, 0.6) is 11.5 Å². The van der Waals surface area contributed by atoms with E-state index < -0.39 is 5.60 Å². The molecule has 0 amide bonds. The molecule has 1 aromatic carbocycles. The summed E-state index contributed by atoms with van der Waals surface area (Å²) in [5.74, 6) is 1.87. The molecule has 1 atom stereocenters. The average Bonchev–Trinajstić information content (AvgIpc) is 2.45. The summed E-state index contributed by atoms with van der Waals surface area (Å²) in [7, 11) is 0. The predicted octanol–water partition coefficient (Wildman–Crippen LogP) is 3.25. The van der Waals surface area contributed by atoms with Gasteiger partial charge in [-0.2, -0.15) is 0 Å². The molecule has 1 aromatic rings. The van der Waals surface area contributed by atoms with E-state index in [1.54, 1.807) is 6.08 Å². The first-order valence-electron chi connectivity index (χ1n) is 7.09. The summed E-state index contributed by atoms with van der Waals surface area (Å²) in [6, 6.07) is 0. The molecule has 0 radical (unpaired) electrons. The van der Waals surface area contributed by atoms with Crippen LogP contribution in [0.15, 0.2) is 12.7 Å². The van der Waals surface area contributed by atoms with Crippen LogP contribution < -0.4 is 9.47 Å². The molecule has 0 saturated carbocycles. The number of ether oxygens (including phenoxy) is 2. The molecule has 0 spiro atoms. The lowest BCUT2D eigenvalue weighted by atomic mass is 9.87. The van der Waals surface area contributed by atoms with E-state index in [1.165, 1.54) is 5.56 Å². The van der Waals surface area contributed by atoms with E-state index in [1.807, 2.05) is 6.92 Å².